The fraction of sp³-hybridized carbons (Fsp3) is 0. The van der Waals surface area contributed by atoms with Crippen LogP contribution in [-0.4, -0.2) is 14.3 Å². The number of fused-ring (bicyclic) bond motifs is 1. The molecule has 3 aromatic carbocycles. The van der Waals surface area contributed by atoms with Crippen molar-refractivity contribution in [3.8, 4) is 0 Å². The Morgan fingerprint density at radius 1 is 0.833 bits per heavy atom. The van der Waals surface area contributed by atoms with Crippen LogP contribution in [-0.2, 0) is 14.8 Å². The van der Waals surface area contributed by atoms with Crippen molar-refractivity contribution in [1.29, 1.82) is 0 Å². The van der Waals surface area contributed by atoms with E-state index in [2.05, 4.69) is 4.72 Å². The van der Waals surface area contributed by atoms with E-state index < -0.39 is 15.9 Å². The molecule has 0 aliphatic rings. The Bertz CT molecular complexity index is 1000. The summed E-state index contributed by atoms with van der Waals surface area (Å²) < 4.78 is 27.1. The molecule has 0 atom stereocenters. The van der Waals surface area contributed by atoms with Crippen molar-refractivity contribution in [1.82, 2.24) is 4.72 Å². The SMILES string of the molecule is O=C(C=Cc1ccccc1)NS(=O)(=O)c1cccc2ccccc12. The Morgan fingerprint density at radius 3 is 2.29 bits per heavy atom. The summed E-state index contributed by atoms with van der Waals surface area (Å²) in [7, 11) is -3.94. The number of hydrogen-bond acceptors (Lipinski definition) is 3. The molecule has 0 aromatic heterocycles. The van der Waals surface area contributed by atoms with Gasteiger partial charge >= 0.3 is 0 Å². The van der Waals surface area contributed by atoms with Crippen LogP contribution in [0.4, 0.5) is 0 Å². The molecule has 0 saturated heterocycles. The van der Waals surface area contributed by atoms with Gasteiger partial charge in [0.25, 0.3) is 15.9 Å². The maximum atomic E-state index is 12.5. The van der Waals surface area contributed by atoms with E-state index >= 15 is 0 Å². The summed E-state index contributed by atoms with van der Waals surface area (Å²) in [5.41, 5.74) is 0.815. The minimum atomic E-state index is -3.94. The summed E-state index contributed by atoms with van der Waals surface area (Å²) in [6, 6.07) is 21.3. The molecule has 1 N–H and O–H groups in total. The predicted molar refractivity (Wildman–Crippen MR) is 94.8 cm³/mol. The van der Waals surface area contributed by atoms with Crippen LogP contribution in [0.15, 0.2) is 83.8 Å². The van der Waals surface area contributed by atoms with Crippen molar-refractivity contribution < 1.29 is 13.2 Å². The van der Waals surface area contributed by atoms with Gasteiger partial charge in [-0.3, -0.25) is 4.79 Å². The maximum absolute atomic E-state index is 12.5. The number of benzene rings is 3. The zero-order valence-electron chi connectivity index (χ0n) is 12.7. The van der Waals surface area contributed by atoms with E-state index in [4.69, 9.17) is 0 Å². The minimum Gasteiger partial charge on any atom is -0.269 e. The molecule has 4 nitrogen and oxygen atoms in total. The van der Waals surface area contributed by atoms with E-state index in [0.717, 1.165) is 10.9 Å². The van der Waals surface area contributed by atoms with Gasteiger partial charge in [-0.2, -0.15) is 0 Å². The smallest absolute Gasteiger partial charge is 0.264 e. The Labute approximate surface area is 140 Å². The molecule has 0 fully saturated rings. The molecule has 0 aliphatic heterocycles. The summed E-state index contributed by atoms with van der Waals surface area (Å²) in [6.45, 7) is 0. The average molecular weight is 337 g/mol. The van der Waals surface area contributed by atoms with Gasteiger partial charge < -0.3 is 0 Å². The van der Waals surface area contributed by atoms with Crippen LogP contribution < -0.4 is 4.72 Å². The quantitative estimate of drug-likeness (QED) is 0.743. The van der Waals surface area contributed by atoms with E-state index in [1.54, 1.807) is 24.3 Å². The van der Waals surface area contributed by atoms with Crippen LogP contribution in [0, 0.1) is 0 Å². The number of nitrogens with one attached hydrogen (secondary N) is 1. The second-order valence-corrected chi connectivity index (χ2v) is 6.84. The van der Waals surface area contributed by atoms with E-state index in [1.165, 1.54) is 12.1 Å². The number of carbonyl (C=O) groups excluding carboxylic acids is 1. The van der Waals surface area contributed by atoms with Crippen LogP contribution in [0.25, 0.3) is 16.8 Å². The lowest BCUT2D eigenvalue weighted by molar-refractivity contribution is -0.114. The number of sulfonamides is 1. The van der Waals surface area contributed by atoms with Crippen LogP contribution in [0.5, 0.6) is 0 Å². The zero-order chi connectivity index (χ0) is 17.0. The highest BCUT2D eigenvalue weighted by atomic mass is 32.2. The van der Waals surface area contributed by atoms with Crippen LogP contribution >= 0.6 is 0 Å². The van der Waals surface area contributed by atoms with Crippen molar-refractivity contribution in [2.75, 3.05) is 0 Å². The Morgan fingerprint density at radius 2 is 1.50 bits per heavy atom. The van der Waals surface area contributed by atoms with Gasteiger partial charge in [-0.05, 0) is 23.1 Å². The van der Waals surface area contributed by atoms with Crippen molar-refractivity contribution in [3.05, 3.63) is 84.4 Å². The number of hydrogen-bond donors (Lipinski definition) is 1. The van der Waals surface area contributed by atoms with E-state index in [9.17, 15) is 13.2 Å². The van der Waals surface area contributed by atoms with E-state index in [0.29, 0.717) is 5.39 Å². The van der Waals surface area contributed by atoms with Crippen LogP contribution in [0.2, 0.25) is 0 Å². The van der Waals surface area contributed by atoms with Gasteiger partial charge in [0.2, 0.25) is 0 Å². The zero-order valence-corrected chi connectivity index (χ0v) is 13.5. The molecule has 3 rings (SSSR count). The van der Waals surface area contributed by atoms with Crippen molar-refractivity contribution in [2.45, 2.75) is 4.90 Å². The molecule has 0 radical (unpaired) electrons. The third-order valence-corrected chi connectivity index (χ3v) is 4.91. The normalized spacial score (nSPS) is 11.7. The molecule has 0 saturated carbocycles. The second-order valence-electron chi connectivity index (χ2n) is 5.19. The fourth-order valence-electron chi connectivity index (χ4n) is 2.39. The van der Waals surface area contributed by atoms with E-state index in [1.807, 2.05) is 48.5 Å². The first kappa shape index (κ1) is 16.0. The van der Waals surface area contributed by atoms with E-state index in [-0.39, 0.29) is 4.90 Å². The monoisotopic (exact) mass is 337 g/mol. The standard InChI is InChI=1S/C19H15NO3S/c21-19(14-13-15-7-2-1-3-8-15)20-24(22,23)18-12-6-10-16-9-4-5-11-17(16)18/h1-14H,(H,20,21). The first-order valence-electron chi connectivity index (χ1n) is 7.34. The topological polar surface area (TPSA) is 63.2 Å². The lowest BCUT2D eigenvalue weighted by Gasteiger charge is -2.08. The lowest BCUT2D eigenvalue weighted by atomic mass is 10.1. The molecule has 120 valence electrons. The molecule has 0 spiro atoms. The first-order chi connectivity index (χ1) is 11.6. The Balaban J connectivity index is 1.85. The molecule has 0 bridgehead atoms. The number of carbonyl (C=O) groups is 1. The minimum absolute atomic E-state index is 0.0852. The van der Waals surface area contributed by atoms with Crippen molar-refractivity contribution in [3.63, 3.8) is 0 Å². The van der Waals surface area contributed by atoms with Crippen molar-refractivity contribution >= 4 is 32.8 Å². The molecule has 24 heavy (non-hydrogen) atoms. The van der Waals surface area contributed by atoms with Gasteiger partial charge in [0.1, 0.15) is 0 Å². The van der Waals surface area contributed by atoms with Crippen LogP contribution in [0.1, 0.15) is 5.56 Å². The lowest BCUT2D eigenvalue weighted by Crippen LogP contribution is -2.29. The molecule has 0 heterocycles. The molecule has 1 amide bonds. The van der Waals surface area contributed by atoms with Gasteiger partial charge in [0, 0.05) is 11.5 Å². The molecule has 0 aliphatic carbocycles. The Kier molecular flexibility index (Phi) is 4.44. The third-order valence-electron chi connectivity index (χ3n) is 3.50. The van der Waals surface area contributed by atoms with Gasteiger partial charge in [-0.25, -0.2) is 13.1 Å². The Hall–Kier alpha value is -2.92. The van der Waals surface area contributed by atoms with Gasteiger partial charge in [-0.15, -0.1) is 0 Å². The fourth-order valence-corrected chi connectivity index (χ4v) is 3.56. The average Bonchev–Trinajstić information content (AvgIpc) is 2.60. The number of rotatable bonds is 4. The number of amides is 1. The van der Waals surface area contributed by atoms with Gasteiger partial charge in [0.05, 0.1) is 4.90 Å². The summed E-state index contributed by atoms with van der Waals surface area (Å²) in [5.74, 6) is -0.688. The highest BCUT2D eigenvalue weighted by Crippen LogP contribution is 2.22. The second kappa shape index (κ2) is 6.68. The highest BCUT2D eigenvalue weighted by Gasteiger charge is 2.18. The van der Waals surface area contributed by atoms with Crippen molar-refractivity contribution in [2.24, 2.45) is 0 Å². The highest BCUT2D eigenvalue weighted by molar-refractivity contribution is 7.90. The van der Waals surface area contributed by atoms with Gasteiger partial charge in [0.15, 0.2) is 0 Å². The summed E-state index contributed by atoms with van der Waals surface area (Å²) >= 11 is 0. The molecule has 3 aromatic rings. The summed E-state index contributed by atoms with van der Waals surface area (Å²) in [5, 5.41) is 1.37. The maximum Gasteiger partial charge on any atom is 0.264 e. The predicted octanol–water partition coefficient (Wildman–Crippen LogP) is 3.36. The van der Waals surface area contributed by atoms with Gasteiger partial charge in [-0.1, -0.05) is 66.7 Å². The molecular weight excluding hydrogens is 322 g/mol. The summed E-state index contributed by atoms with van der Waals surface area (Å²) in [4.78, 5) is 12.0. The molecule has 5 heteroatoms. The first-order valence-corrected chi connectivity index (χ1v) is 8.82. The molecule has 0 unspecified atom stereocenters. The summed E-state index contributed by atoms with van der Waals surface area (Å²) in [6.07, 6.45) is 2.77. The largest absolute Gasteiger partial charge is 0.269 e. The third kappa shape index (κ3) is 3.52. The van der Waals surface area contributed by atoms with Crippen LogP contribution in [0.3, 0.4) is 0 Å². The molecular formula is C19H15NO3S.